The van der Waals surface area contributed by atoms with Crippen LogP contribution in [0.15, 0.2) is 0 Å². The average molecular weight is 328 g/mol. The van der Waals surface area contributed by atoms with Crippen LogP contribution in [0.1, 0.15) is 79.6 Å². The van der Waals surface area contributed by atoms with Gasteiger partial charge >= 0.3 is 11.9 Å². The number of carbonyl (C=O) groups excluding carboxylic acids is 2. The molecule has 0 amide bonds. The average Bonchev–Trinajstić information content (AvgIpc) is 2.44. The topological polar surface area (TPSA) is 52.6 Å². The molecular weight excluding hydrogens is 292 g/mol. The van der Waals surface area contributed by atoms with Crippen molar-refractivity contribution in [3.63, 3.8) is 0 Å². The molecule has 0 aromatic rings. The van der Waals surface area contributed by atoms with E-state index in [1.54, 1.807) is 0 Å². The van der Waals surface area contributed by atoms with Gasteiger partial charge in [-0.2, -0.15) is 0 Å². The highest BCUT2D eigenvalue weighted by molar-refractivity contribution is 5.69. The van der Waals surface area contributed by atoms with Gasteiger partial charge in [-0.05, 0) is 37.0 Å². The Bertz CT molecular complexity index is 323. The Hall–Kier alpha value is -1.06. The van der Waals surface area contributed by atoms with E-state index in [1.807, 2.05) is 6.92 Å². The van der Waals surface area contributed by atoms with Crippen molar-refractivity contribution in [3.05, 3.63) is 0 Å². The highest BCUT2D eigenvalue weighted by Gasteiger charge is 2.10. The molecule has 4 nitrogen and oxygen atoms in total. The largest absolute Gasteiger partial charge is 0.466 e. The maximum absolute atomic E-state index is 11.6. The first-order valence-electron chi connectivity index (χ1n) is 9.12. The molecule has 0 aliphatic heterocycles. The van der Waals surface area contributed by atoms with E-state index in [-0.39, 0.29) is 17.9 Å². The molecule has 0 spiro atoms. The van der Waals surface area contributed by atoms with Gasteiger partial charge in [-0.1, -0.05) is 47.5 Å². The monoisotopic (exact) mass is 328 g/mol. The lowest BCUT2D eigenvalue weighted by molar-refractivity contribution is -0.147. The molecule has 0 heterocycles. The molecule has 136 valence electrons. The predicted molar refractivity (Wildman–Crippen MR) is 93.1 cm³/mol. The number of esters is 2. The van der Waals surface area contributed by atoms with Gasteiger partial charge in [0.15, 0.2) is 0 Å². The van der Waals surface area contributed by atoms with E-state index < -0.39 is 0 Å². The molecule has 0 aromatic heterocycles. The van der Waals surface area contributed by atoms with Crippen molar-refractivity contribution in [2.45, 2.75) is 79.6 Å². The molecule has 0 N–H and O–H groups in total. The third-order valence-corrected chi connectivity index (χ3v) is 3.73. The Labute approximate surface area is 142 Å². The third kappa shape index (κ3) is 15.6. The molecule has 0 aliphatic rings. The number of hydrogen-bond acceptors (Lipinski definition) is 4. The van der Waals surface area contributed by atoms with E-state index in [4.69, 9.17) is 9.47 Å². The fourth-order valence-electron chi connectivity index (χ4n) is 2.15. The summed E-state index contributed by atoms with van der Waals surface area (Å²) in [4.78, 5) is 23.1. The molecule has 1 unspecified atom stereocenters. The van der Waals surface area contributed by atoms with Crippen LogP contribution in [-0.2, 0) is 19.1 Å². The van der Waals surface area contributed by atoms with Crippen molar-refractivity contribution >= 4 is 11.9 Å². The first kappa shape index (κ1) is 21.9. The van der Waals surface area contributed by atoms with Crippen LogP contribution in [-0.4, -0.2) is 25.2 Å². The smallest absolute Gasteiger partial charge is 0.305 e. The van der Waals surface area contributed by atoms with E-state index in [2.05, 4.69) is 27.7 Å². The van der Waals surface area contributed by atoms with Gasteiger partial charge in [0.2, 0.25) is 0 Å². The van der Waals surface area contributed by atoms with Crippen LogP contribution in [0.2, 0.25) is 0 Å². The lowest BCUT2D eigenvalue weighted by Crippen LogP contribution is -2.15. The first-order valence-corrected chi connectivity index (χ1v) is 9.12. The summed E-state index contributed by atoms with van der Waals surface area (Å²) in [5, 5.41) is 0. The lowest BCUT2D eigenvalue weighted by Gasteiger charge is -2.13. The predicted octanol–water partition coefficient (Wildman–Crippen LogP) is 4.75. The SMILES string of the molecule is CC(C)CCCC(=O)OCCC(C)COC(=O)CCCC(C)C. The second-order valence-electron chi connectivity index (χ2n) is 7.37. The first-order chi connectivity index (χ1) is 10.8. The summed E-state index contributed by atoms with van der Waals surface area (Å²) in [5.74, 6) is 1.22. The molecule has 0 saturated heterocycles. The molecule has 0 fully saturated rings. The van der Waals surface area contributed by atoms with E-state index in [1.165, 1.54) is 0 Å². The molecule has 0 saturated carbocycles. The van der Waals surface area contributed by atoms with E-state index in [0.29, 0.717) is 37.9 Å². The van der Waals surface area contributed by atoms with Gasteiger partial charge in [-0.15, -0.1) is 0 Å². The van der Waals surface area contributed by atoms with Gasteiger partial charge in [-0.3, -0.25) is 9.59 Å². The van der Waals surface area contributed by atoms with Gasteiger partial charge in [0, 0.05) is 12.8 Å². The summed E-state index contributed by atoms with van der Waals surface area (Å²) in [7, 11) is 0. The second kappa shape index (κ2) is 13.4. The fraction of sp³-hybridized carbons (Fsp3) is 0.895. The molecule has 1 atom stereocenters. The van der Waals surface area contributed by atoms with E-state index in [9.17, 15) is 9.59 Å². The Kier molecular flexibility index (Phi) is 12.8. The summed E-state index contributed by atoms with van der Waals surface area (Å²) >= 11 is 0. The number of hydrogen-bond donors (Lipinski definition) is 0. The van der Waals surface area contributed by atoms with Gasteiger partial charge < -0.3 is 9.47 Å². The van der Waals surface area contributed by atoms with Gasteiger partial charge in [0.25, 0.3) is 0 Å². The van der Waals surface area contributed by atoms with Gasteiger partial charge in [0.1, 0.15) is 0 Å². The second-order valence-corrected chi connectivity index (χ2v) is 7.37. The van der Waals surface area contributed by atoms with Crippen molar-refractivity contribution in [1.29, 1.82) is 0 Å². The van der Waals surface area contributed by atoms with Gasteiger partial charge in [-0.25, -0.2) is 0 Å². The highest BCUT2D eigenvalue weighted by Crippen LogP contribution is 2.10. The number of carbonyl (C=O) groups is 2. The molecule has 0 aliphatic carbocycles. The standard InChI is InChI=1S/C19H36O4/c1-15(2)8-6-10-18(20)22-13-12-17(5)14-23-19(21)11-7-9-16(3)4/h15-17H,6-14H2,1-5H3. The van der Waals surface area contributed by atoms with Crippen LogP contribution in [0.25, 0.3) is 0 Å². The zero-order valence-corrected chi connectivity index (χ0v) is 15.7. The minimum Gasteiger partial charge on any atom is -0.466 e. The zero-order valence-electron chi connectivity index (χ0n) is 15.7. The maximum Gasteiger partial charge on any atom is 0.305 e. The van der Waals surface area contributed by atoms with Crippen molar-refractivity contribution in [2.75, 3.05) is 13.2 Å². The van der Waals surface area contributed by atoms with Crippen LogP contribution < -0.4 is 0 Å². The summed E-state index contributed by atoms with van der Waals surface area (Å²) in [6.07, 6.45) is 5.61. The Morgan fingerprint density at radius 2 is 1.22 bits per heavy atom. The van der Waals surface area contributed by atoms with Crippen LogP contribution >= 0.6 is 0 Å². The fourth-order valence-corrected chi connectivity index (χ4v) is 2.15. The van der Waals surface area contributed by atoms with Crippen molar-refractivity contribution in [2.24, 2.45) is 17.8 Å². The summed E-state index contributed by atoms with van der Waals surface area (Å²) in [6.45, 7) is 11.4. The van der Waals surface area contributed by atoms with Crippen LogP contribution in [0.5, 0.6) is 0 Å². The Morgan fingerprint density at radius 1 is 0.739 bits per heavy atom. The Morgan fingerprint density at radius 3 is 1.70 bits per heavy atom. The highest BCUT2D eigenvalue weighted by atomic mass is 16.5. The van der Waals surface area contributed by atoms with Crippen molar-refractivity contribution in [1.82, 2.24) is 0 Å². The minimum atomic E-state index is -0.122. The van der Waals surface area contributed by atoms with Crippen molar-refractivity contribution in [3.8, 4) is 0 Å². The zero-order chi connectivity index (χ0) is 17.7. The number of rotatable bonds is 13. The summed E-state index contributed by atoms with van der Waals surface area (Å²) in [5.41, 5.74) is 0. The number of ether oxygens (including phenoxy) is 2. The summed E-state index contributed by atoms with van der Waals surface area (Å²) < 4.78 is 10.5. The maximum atomic E-state index is 11.6. The molecule has 4 heteroatoms. The minimum absolute atomic E-state index is 0.122. The molecular formula is C19H36O4. The van der Waals surface area contributed by atoms with E-state index in [0.717, 1.165) is 32.1 Å². The van der Waals surface area contributed by atoms with Gasteiger partial charge in [0.05, 0.1) is 13.2 Å². The molecule has 0 rings (SSSR count). The Balaban J connectivity index is 3.57. The third-order valence-electron chi connectivity index (χ3n) is 3.73. The van der Waals surface area contributed by atoms with Crippen LogP contribution in [0, 0.1) is 17.8 Å². The quantitative estimate of drug-likeness (QED) is 0.458. The molecule has 23 heavy (non-hydrogen) atoms. The van der Waals surface area contributed by atoms with Crippen molar-refractivity contribution < 1.29 is 19.1 Å². The van der Waals surface area contributed by atoms with Crippen LogP contribution in [0.3, 0.4) is 0 Å². The van der Waals surface area contributed by atoms with Crippen LogP contribution in [0.4, 0.5) is 0 Å². The molecule has 0 radical (unpaired) electrons. The normalized spacial score (nSPS) is 12.5. The lowest BCUT2D eigenvalue weighted by atomic mass is 10.1. The molecule has 0 bridgehead atoms. The van der Waals surface area contributed by atoms with E-state index >= 15 is 0 Å². The summed E-state index contributed by atoms with van der Waals surface area (Å²) in [6, 6.07) is 0. The molecule has 0 aromatic carbocycles.